The summed E-state index contributed by atoms with van der Waals surface area (Å²) in [4.78, 5) is 13.1. The van der Waals surface area contributed by atoms with E-state index in [1.165, 1.54) is 57.8 Å². The lowest BCUT2D eigenvalue weighted by Crippen LogP contribution is -2.48. The first-order chi connectivity index (χ1) is 10.1. The average molecular weight is 354 g/mol. The van der Waals surface area contributed by atoms with Crippen molar-refractivity contribution in [3.05, 3.63) is 0 Å². The standard InChI is InChI=1S/C18H28BrNO/c19-16-3-1-2-15(16)11-20-17(21)10-18-7-12-4-13(8-18)6-14(5-12)9-18/h12-16H,1-11H2,(H,20,21). The lowest BCUT2D eigenvalue weighted by Gasteiger charge is -2.56. The van der Waals surface area contributed by atoms with Crippen molar-refractivity contribution in [2.45, 2.75) is 69.0 Å². The molecule has 0 aromatic rings. The van der Waals surface area contributed by atoms with Gasteiger partial charge in [-0.2, -0.15) is 0 Å². The molecule has 5 aliphatic carbocycles. The molecule has 2 nitrogen and oxygen atoms in total. The van der Waals surface area contributed by atoms with Crippen LogP contribution in [0.3, 0.4) is 0 Å². The van der Waals surface area contributed by atoms with Crippen molar-refractivity contribution in [2.75, 3.05) is 6.54 Å². The van der Waals surface area contributed by atoms with Gasteiger partial charge in [-0.3, -0.25) is 4.79 Å². The number of hydrogen-bond acceptors (Lipinski definition) is 1. The summed E-state index contributed by atoms with van der Waals surface area (Å²) in [6.07, 6.45) is 13.1. The molecule has 2 unspecified atom stereocenters. The SMILES string of the molecule is O=C(CC12CC3CC(CC(C3)C1)C2)NCC1CCCC1Br. The average Bonchev–Trinajstić information content (AvgIpc) is 2.79. The number of carbonyl (C=O) groups excluding carboxylic acids is 1. The molecule has 3 heteroatoms. The van der Waals surface area contributed by atoms with Crippen LogP contribution in [-0.4, -0.2) is 17.3 Å². The van der Waals surface area contributed by atoms with E-state index in [1.807, 2.05) is 0 Å². The number of amides is 1. The number of carbonyl (C=O) groups is 1. The quantitative estimate of drug-likeness (QED) is 0.751. The molecule has 5 saturated carbocycles. The monoisotopic (exact) mass is 353 g/mol. The third-order valence-corrected chi connectivity index (χ3v) is 8.03. The lowest BCUT2D eigenvalue weighted by molar-refractivity contribution is -0.129. The van der Waals surface area contributed by atoms with Crippen molar-refractivity contribution in [3.63, 3.8) is 0 Å². The zero-order valence-corrected chi connectivity index (χ0v) is 14.5. The fraction of sp³-hybridized carbons (Fsp3) is 0.944. The van der Waals surface area contributed by atoms with E-state index in [1.54, 1.807) is 0 Å². The first kappa shape index (κ1) is 14.5. The van der Waals surface area contributed by atoms with Gasteiger partial charge >= 0.3 is 0 Å². The Morgan fingerprint density at radius 1 is 1.05 bits per heavy atom. The Morgan fingerprint density at radius 3 is 2.19 bits per heavy atom. The third kappa shape index (κ3) is 2.92. The molecule has 0 saturated heterocycles. The van der Waals surface area contributed by atoms with Crippen molar-refractivity contribution in [1.82, 2.24) is 5.32 Å². The number of alkyl halides is 1. The molecule has 4 bridgehead atoms. The van der Waals surface area contributed by atoms with Gasteiger partial charge < -0.3 is 5.32 Å². The van der Waals surface area contributed by atoms with E-state index in [-0.39, 0.29) is 0 Å². The van der Waals surface area contributed by atoms with Crippen LogP contribution < -0.4 is 5.32 Å². The normalized spacial score (nSPS) is 47.8. The van der Waals surface area contributed by atoms with Crippen molar-refractivity contribution in [3.8, 4) is 0 Å². The van der Waals surface area contributed by atoms with Crippen LogP contribution >= 0.6 is 15.9 Å². The van der Waals surface area contributed by atoms with Gasteiger partial charge in [0.25, 0.3) is 0 Å². The van der Waals surface area contributed by atoms with Crippen molar-refractivity contribution >= 4 is 21.8 Å². The highest BCUT2D eigenvalue weighted by Gasteiger charge is 2.51. The molecule has 0 aliphatic heterocycles. The fourth-order valence-corrected chi connectivity index (χ4v) is 7.15. The van der Waals surface area contributed by atoms with E-state index in [9.17, 15) is 4.79 Å². The number of rotatable bonds is 4. The van der Waals surface area contributed by atoms with Gasteiger partial charge in [0.15, 0.2) is 0 Å². The van der Waals surface area contributed by atoms with Crippen LogP contribution in [0.25, 0.3) is 0 Å². The Labute approximate surface area is 136 Å². The maximum absolute atomic E-state index is 12.5. The molecule has 5 rings (SSSR count). The minimum absolute atomic E-state index is 0.337. The Bertz CT molecular complexity index is 386. The summed E-state index contributed by atoms with van der Waals surface area (Å²) >= 11 is 3.76. The van der Waals surface area contributed by atoms with Crippen LogP contribution in [-0.2, 0) is 4.79 Å². The third-order valence-electron chi connectivity index (χ3n) is 6.83. The molecule has 5 fully saturated rings. The number of nitrogens with one attached hydrogen (secondary N) is 1. The second-order valence-electron chi connectivity index (χ2n) is 8.61. The lowest BCUT2D eigenvalue weighted by atomic mass is 9.49. The van der Waals surface area contributed by atoms with Crippen LogP contribution in [0.4, 0.5) is 0 Å². The van der Waals surface area contributed by atoms with Gasteiger partial charge in [0, 0.05) is 17.8 Å². The van der Waals surface area contributed by atoms with Crippen molar-refractivity contribution in [2.24, 2.45) is 29.1 Å². The molecule has 0 heterocycles. The Balaban J connectivity index is 1.32. The molecular weight excluding hydrogens is 326 g/mol. The molecule has 5 aliphatic rings. The summed E-state index contributed by atoms with van der Waals surface area (Å²) in [5.41, 5.74) is 0.391. The molecular formula is C18H28BrNO. The molecule has 2 atom stereocenters. The number of halogens is 1. The summed E-state index contributed by atoms with van der Waals surface area (Å²) < 4.78 is 0. The molecule has 0 aromatic carbocycles. The molecule has 118 valence electrons. The smallest absolute Gasteiger partial charge is 0.220 e. The van der Waals surface area contributed by atoms with Crippen LogP contribution in [0.2, 0.25) is 0 Å². The predicted octanol–water partition coefficient (Wildman–Crippen LogP) is 4.27. The maximum Gasteiger partial charge on any atom is 0.220 e. The number of hydrogen-bond donors (Lipinski definition) is 1. The van der Waals surface area contributed by atoms with Crippen molar-refractivity contribution < 1.29 is 4.79 Å². The summed E-state index contributed by atoms with van der Waals surface area (Å²) in [5.74, 6) is 3.84. The summed E-state index contributed by atoms with van der Waals surface area (Å²) in [7, 11) is 0. The topological polar surface area (TPSA) is 29.1 Å². The maximum atomic E-state index is 12.5. The van der Waals surface area contributed by atoms with Gasteiger partial charge in [-0.05, 0) is 80.5 Å². The van der Waals surface area contributed by atoms with Gasteiger partial charge in [-0.1, -0.05) is 22.4 Å². The largest absolute Gasteiger partial charge is 0.356 e. The van der Waals surface area contributed by atoms with Gasteiger partial charge in [-0.15, -0.1) is 0 Å². The first-order valence-corrected chi connectivity index (χ1v) is 9.94. The van der Waals surface area contributed by atoms with Gasteiger partial charge in [0.05, 0.1) is 0 Å². The highest BCUT2D eigenvalue weighted by atomic mass is 79.9. The van der Waals surface area contributed by atoms with E-state index in [0.717, 1.165) is 30.7 Å². The Kier molecular flexibility index (Phi) is 3.84. The fourth-order valence-electron chi connectivity index (χ4n) is 6.38. The molecule has 21 heavy (non-hydrogen) atoms. The van der Waals surface area contributed by atoms with E-state index >= 15 is 0 Å². The highest BCUT2D eigenvalue weighted by molar-refractivity contribution is 9.09. The van der Waals surface area contributed by atoms with E-state index in [2.05, 4.69) is 21.2 Å². The predicted molar refractivity (Wildman–Crippen MR) is 88.3 cm³/mol. The van der Waals surface area contributed by atoms with Crippen LogP contribution in [0.1, 0.15) is 64.2 Å². The van der Waals surface area contributed by atoms with Crippen LogP contribution in [0.5, 0.6) is 0 Å². The van der Waals surface area contributed by atoms with Crippen LogP contribution in [0, 0.1) is 29.1 Å². The second-order valence-corrected chi connectivity index (χ2v) is 9.78. The zero-order chi connectivity index (χ0) is 14.4. The van der Waals surface area contributed by atoms with Gasteiger partial charge in [-0.25, -0.2) is 0 Å². The van der Waals surface area contributed by atoms with Gasteiger partial charge in [0.2, 0.25) is 5.91 Å². The Morgan fingerprint density at radius 2 is 1.67 bits per heavy atom. The van der Waals surface area contributed by atoms with E-state index in [4.69, 9.17) is 0 Å². The van der Waals surface area contributed by atoms with Gasteiger partial charge in [0.1, 0.15) is 0 Å². The molecule has 0 aromatic heterocycles. The molecule has 1 amide bonds. The zero-order valence-electron chi connectivity index (χ0n) is 13.0. The Hall–Kier alpha value is -0.0500. The van der Waals surface area contributed by atoms with Crippen LogP contribution in [0.15, 0.2) is 0 Å². The molecule has 1 N–H and O–H groups in total. The summed E-state index contributed by atoms with van der Waals surface area (Å²) in [6.45, 7) is 0.890. The minimum atomic E-state index is 0.337. The first-order valence-electron chi connectivity index (χ1n) is 9.03. The van der Waals surface area contributed by atoms with E-state index in [0.29, 0.717) is 22.1 Å². The molecule has 0 radical (unpaired) electrons. The summed E-state index contributed by atoms with van der Waals surface area (Å²) in [6, 6.07) is 0. The molecule has 0 spiro atoms. The van der Waals surface area contributed by atoms with Crippen molar-refractivity contribution in [1.29, 1.82) is 0 Å². The minimum Gasteiger partial charge on any atom is -0.356 e. The second kappa shape index (κ2) is 5.54. The van der Waals surface area contributed by atoms with E-state index < -0.39 is 0 Å². The highest BCUT2D eigenvalue weighted by Crippen LogP contribution is 2.61. The summed E-state index contributed by atoms with van der Waals surface area (Å²) in [5, 5.41) is 3.26.